The van der Waals surface area contributed by atoms with Crippen LogP contribution in [0.2, 0.25) is 0 Å². The van der Waals surface area contributed by atoms with E-state index >= 15 is 0 Å². The SMILES string of the molecule is COc1ccc([C@@H](CC(=O)c2ccc(Br)cc2)Sc2ccccc2N)cc1OC. The average molecular weight is 472 g/mol. The van der Waals surface area contributed by atoms with E-state index < -0.39 is 0 Å². The van der Waals surface area contributed by atoms with E-state index in [1.54, 1.807) is 26.0 Å². The lowest BCUT2D eigenvalue weighted by Crippen LogP contribution is -2.06. The van der Waals surface area contributed by atoms with Gasteiger partial charge in [0, 0.05) is 32.3 Å². The number of thioether (sulfide) groups is 1. The Kier molecular flexibility index (Phi) is 7.23. The fourth-order valence-electron chi connectivity index (χ4n) is 2.94. The van der Waals surface area contributed by atoms with Crippen LogP contribution < -0.4 is 15.2 Å². The molecule has 0 bridgehead atoms. The number of para-hydroxylation sites is 1. The van der Waals surface area contributed by atoms with Crippen LogP contribution in [0.1, 0.15) is 27.6 Å². The molecule has 0 aliphatic carbocycles. The Bertz CT molecular complexity index is 992. The molecule has 0 amide bonds. The fourth-order valence-corrected chi connectivity index (χ4v) is 4.39. The number of benzene rings is 3. The standard InChI is InChI=1S/C23H22BrNO3S/c1-27-20-12-9-16(13-21(20)28-2)23(29-22-6-4-3-5-18(22)25)14-19(26)15-7-10-17(24)11-8-15/h3-13,23H,14,25H2,1-2H3/t23-/m1/s1. The molecule has 0 saturated heterocycles. The third-order valence-electron chi connectivity index (χ3n) is 4.50. The van der Waals surface area contributed by atoms with Crippen LogP contribution in [0.3, 0.4) is 0 Å². The summed E-state index contributed by atoms with van der Waals surface area (Å²) >= 11 is 4.98. The van der Waals surface area contributed by atoms with Gasteiger partial charge in [0.15, 0.2) is 17.3 Å². The van der Waals surface area contributed by atoms with Crippen LogP contribution in [0.15, 0.2) is 76.1 Å². The largest absolute Gasteiger partial charge is 0.493 e. The van der Waals surface area contributed by atoms with Crippen LogP contribution in [-0.2, 0) is 0 Å². The second-order valence-electron chi connectivity index (χ2n) is 6.39. The maximum atomic E-state index is 13.0. The second kappa shape index (κ2) is 9.85. The van der Waals surface area contributed by atoms with Gasteiger partial charge in [0.2, 0.25) is 0 Å². The number of methoxy groups -OCH3 is 2. The Morgan fingerprint density at radius 1 is 1.00 bits per heavy atom. The van der Waals surface area contributed by atoms with Gasteiger partial charge in [0.1, 0.15) is 0 Å². The number of hydrogen-bond donors (Lipinski definition) is 1. The molecule has 0 aliphatic rings. The number of ketones is 1. The Balaban J connectivity index is 1.94. The molecule has 0 heterocycles. The van der Waals surface area contributed by atoms with E-state index in [9.17, 15) is 4.79 Å². The summed E-state index contributed by atoms with van der Waals surface area (Å²) < 4.78 is 11.7. The van der Waals surface area contributed by atoms with Crippen molar-refractivity contribution in [3.63, 3.8) is 0 Å². The van der Waals surface area contributed by atoms with Crippen molar-refractivity contribution < 1.29 is 14.3 Å². The lowest BCUT2D eigenvalue weighted by Gasteiger charge is -2.19. The minimum absolute atomic E-state index is 0.0688. The van der Waals surface area contributed by atoms with Gasteiger partial charge in [-0.3, -0.25) is 4.79 Å². The number of Topliss-reactive ketones (excluding diaryl/α,β-unsaturated/α-hetero) is 1. The summed E-state index contributed by atoms with van der Waals surface area (Å²) in [6.07, 6.45) is 0.329. The minimum Gasteiger partial charge on any atom is -0.493 e. The molecule has 150 valence electrons. The van der Waals surface area contributed by atoms with Crippen LogP contribution in [0.4, 0.5) is 5.69 Å². The zero-order valence-corrected chi connectivity index (χ0v) is 18.6. The number of nitrogen functional groups attached to an aromatic ring is 1. The summed E-state index contributed by atoms with van der Waals surface area (Å²) in [6.45, 7) is 0. The molecule has 0 aliphatic heterocycles. The van der Waals surface area contributed by atoms with Gasteiger partial charge in [-0.2, -0.15) is 0 Å². The molecule has 3 aromatic rings. The van der Waals surface area contributed by atoms with Crippen molar-refractivity contribution in [2.75, 3.05) is 20.0 Å². The first-order chi connectivity index (χ1) is 14.0. The van der Waals surface area contributed by atoms with Crippen molar-refractivity contribution in [3.8, 4) is 11.5 Å². The summed E-state index contributed by atoms with van der Waals surface area (Å²) in [5, 5.41) is -0.129. The predicted molar refractivity (Wildman–Crippen MR) is 122 cm³/mol. The van der Waals surface area contributed by atoms with E-state index in [0.717, 1.165) is 14.9 Å². The van der Waals surface area contributed by atoms with Crippen LogP contribution in [0, 0.1) is 0 Å². The first-order valence-electron chi connectivity index (χ1n) is 9.03. The molecule has 0 aromatic heterocycles. The zero-order chi connectivity index (χ0) is 20.8. The highest BCUT2D eigenvalue weighted by molar-refractivity contribution is 9.10. The van der Waals surface area contributed by atoms with E-state index in [1.165, 1.54) is 0 Å². The van der Waals surface area contributed by atoms with Crippen molar-refractivity contribution in [1.29, 1.82) is 0 Å². The number of carbonyl (C=O) groups is 1. The summed E-state index contributed by atoms with van der Waals surface area (Å²) in [4.78, 5) is 13.9. The number of halogens is 1. The van der Waals surface area contributed by atoms with Crippen molar-refractivity contribution in [2.45, 2.75) is 16.6 Å². The molecule has 3 rings (SSSR count). The number of carbonyl (C=O) groups excluding carboxylic acids is 1. The van der Waals surface area contributed by atoms with E-state index in [1.807, 2.05) is 66.7 Å². The molecule has 3 aromatic carbocycles. The van der Waals surface area contributed by atoms with Crippen LogP contribution in [0.5, 0.6) is 11.5 Å². The van der Waals surface area contributed by atoms with Crippen molar-refractivity contribution in [3.05, 3.63) is 82.3 Å². The van der Waals surface area contributed by atoms with Gasteiger partial charge < -0.3 is 15.2 Å². The van der Waals surface area contributed by atoms with Crippen LogP contribution in [0.25, 0.3) is 0 Å². The molecule has 0 unspecified atom stereocenters. The topological polar surface area (TPSA) is 61.5 Å². The van der Waals surface area contributed by atoms with Crippen LogP contribution in [-0.4, -0.2) is 20.0 Å². The Morgan fingerprint density at radius 3 is 2.34 bits per heavy atom. The van der Waals surface area contributed by atoms with E-state index in [2.05, 4.69) is 15.9 Å². The average Bonchev–Trinajstić information content (AvgIpc) is 2.74. The normalized spacial score (nSPS) is 11.7. The number of rotatable bonds is 8. The Morgan fingerprint density at radius 2 is 1.69 bits per heavy atom. The lowest BCUT2D eigenvalue weighted by atomic mass is 10.0. The Labute approximate surface area is 183 Å². The predicted octanol–water partition coefficient (Wildman–Crippen LogP) is 6.15. The maximum absolute atomic E-state index is 13.0. The first-order valence-corrected chi connectivity index (χ1v) is 10.7. The highest BCUT2D eigenvalue weighted by Gasteiger charge is 2.21. The van der Waals surface area contributed by atoms with Gasteiger partial charge in [-0.25, -0.2) is 0 Å². The van der Waals surface area contributed by atoms with Gasteiger partial charge in [-0.1, -0.05) is 46.3 Å². The molecule has 1 atom stereocenters. The molecule has 0 radical (unpaired) electrons. The zero-order valence-electron chi connectivity index (χ0n) is 16.2. The summed E-state index contributed by atoms with van der Waals surface area (Å²) in [6, 6.07) is 20.8. The number of anilines is 1. The van der Waals surface area contributed by atoms with Crippen molar-refractivity contribution in [2.24, 2.45) is 0 Å². The quantitative estimate of drug-likeness (QED) is 0.242. The number of ether oxygens (including phenoxy) is 2. The molecule has 0 spiro atoms. The monoisotopic (exact) mass is 471 g/mol. The van der Waals surface area contributed by atoms with Crippen LogP contribution >= 0.6 is 27.7 Å². The van der Waals surface area contributed by atoms with Gasteiger partial charge >= 0.3 is 0 Å². The molecular formula is C23H22BrNO3S. The summed E-state index contributed by atoms with van der Waals surface area (Å²) in [5.41, 5.74) is 8.50. The molecular weight excluding hydrogens is 450 g/mol. The maximum Gasteiger partial charge on any atom is 0.164 e. The second-order valence-corrected chi connectivity index (χ2v) is 8.55. The van der Waals surface area contributed by atoms with Gasteiger partial charge in [0.05, 0.1) is 14.2 Å². The van der Waals surface area contributed by atoms with Crippen molar-refractivity contribution in [1.82, 2.24) is 0 Å². The van der Waals surface area contributed by atoms with E-state index in [0.29, 0.717) is 29.2 Å². The van der Waals surface area contributed by atoms with Crippen molar-refractivity contribution >= 4 is 39.2 Å². The third-order valence-corrected chi connectivity index (χ3v) is 6.38. The summed E-state index contributed by atoms with van der Waals surface area (Å²) in [7, 11) is 3.21. The highest BCUT2D eigenvalue weighted by Crippen LogP contribution is 2.43. The van der Waals surface area contributed by atoms with Gasteiger partial charge in [-0.05, 0) is 42.0 Å². The lowest BCUT2D eigenvalue weighted by molar-refractivity contribution is 0.0982. The number of hydrogen-bond acceptors (Lipinski definition) is 5. The number of nitrogens with two attached hydrogens (primary N) is 1. The molecule has 2 N–H and O–H groups in total. The minimum atomic E-state index is -0.129. The van der Waals surface area contributed by atoms with E-state index in [4.69, 9.17) is 15.2 Å². The molecule has 6 heteroatoms. The summed E-state index contributed by atoms with van der Waals surface area (Å²) in [5.74, 6) is 1.35. The smallest absolute Gasteiger partial charge is 0.164 e. The molecule has 0 fully saturated rings. The Hall–Kier alpha value is -2.44. The van der Waals surface area contributed by atoms with E-state index in [-0.39, 0.29) is 11.0 Å². The third kappa shape index (κ3) is 5.34. The van der Waals surface area contributed by atoms with Gasteiger partial charge in [0.25, 0.3) is 0 Å². The molecule has 29 heavy (non-hydrogen) atoms. The first kappa shape index (κ1) is 21.3. The molecule has 0 saturated carbocycles. The fraction of sp³-hybridized carbons (Fsp3) is 0.174. The van der Waals surface area contributed by atoms with Gasteiger partial charge in [-0.15, -0.1) is 11.8 Å². The highest BCUT2D eigenvalue weighted by atomic mass is 79.9. The molecule has 4 nitrogen and oxygen atoms in total.